The molecule has 3 heterocycles. The molecule has 1 atom stereocenters. The number of aromatic nitrogens is 3. The Hall–Kier alpha value is -2.21. The molecule has 1 amide bonds. The second kappa shape index (κ2) is 6.73. The number of hydrogen-bond acceptors (Lipinski definition) is 4. The maximum atomic E-state index is 13.1. The molecule has 2 aliphatic rings. The molecule has 0 bridgehead atoms. The lowest BCUT2D eigenvalue weighted by Gasteiger charge is -2.31. The lowest BCUT2D eigenvalue weighted by Crippen LogP contribution is -2.44. The van der Waals surface area contributed by atoms with E-state index in [1.54, 1.807) is 0 Å². The Balaban J connectivity index is 1.72. The summed E-state index contributed by atoms with van der Waals surface area (Å²) in [5, 5.41) is 8.79. The third-order valence-electron chi connectivity index (χ3n) is 4.85. The maximum Gasteiger partial charge on any atom is 0.245 e. The van der Waals surface area contributed by atoms with Crippen LogP contribution < -0.4 is 0 Å². The Morgan fingerprint density at radius 1 is 1.08 bits per heavy atom. The number of carbonyl (C=O) groups is 1. The third-order valence-corrected chi connectivity index (χ3v) is 4.85. The number of hydrogen-bond donors (Lipinski definition) is 0. The lowest BCUT2D eigenvalue weighted by molar-refractivity contribution is -0.139. The van der Waals surface area contributed by atoms with E-state index < -0.39 is 0 Å². The van der Waals surface area contributed by atoms with Gasteiger partial charge in [-0.3, -0.25) is 9.36 Å². The number of nitrogens with zero attached hydrogens (tertiary/aromatic N) is 4. The number of carbonyl (C=O) groups excluding carboxylic acids is 1. The van der Waals surface area contributed by atoms with Crippen LogP contribution >= 0.6 is 0 Å². The average Bonchev–Trinajstić information content (AvgIpc) is 2.95. The number of benzene rings is 1. The standard InChI is InChI=1S/C18H22N4O2/c23-18(21-10-12-24-13-11-21)15-8-4-5-9-16-19-20-17(22(15)16)14-6-2-1-3-7-14/h1-3,6-7,15H,4-5,8-13H2. The number of aryl methyl sites for hydroxylation is 1. The molecule has 0 spiro atoms. The molecule has 2 aromatic rings. The first-order chi connectivity index (χ1) is 11.8. The van der Waals surface area contributed by atoms with Gasteiger partial charge in [0.15, 0.2) is 5.82 Å². The van der Waals surface area contributed by atoms with E-state index in [1.807, 2.05) is 35.2 Å². The highest BCUT2D eigenvalue weighted by Gasteiger charge is 2.32. The van der Waals surface area contributed by atoms with Crippen LogP contribution in [0.3, 0.4) is 0 Å². The number of morpholine rings is 1. The molecule has 0 N–H and O–H groups in total. The Bertz CT molecular complexity index is 707. The van der Waals surface area contributed by atoms with Crippen LogP contribution in [0, 0.1) is 0 Å². The highest BCUT2D eigenvalue weighted by Crippen LogP contribution is 2.30. The summed E-state index contributed by atoms with van der Waals surface area (Å²) in [6.07, 6.45) is 3.83. The van der Waals surface area contributed by atoms with Crippen molar-refractivity contribution in [2.24, 2.45) is 0 Å². The van der Waals surface area contributed by atoms with E-state index in [0.717, 1.165) is 42.9 Å². The first-order valence-electron chi connectivity index (χ1n) is 8.70. The van der Waals surface area contributed by atoms with Crippen molar-refractivity contribution in [1.29, 1.82) is 0 Å². The fourth-order valence-electron chi connectivity index (χ4n) is 3.58. The minimum Gasteiger partial charge on any atom is -0.378 e. The lowest BCUT2D eigenvalue weighted by atomic mass is 10.1. The largest absolute Gasteiger partial charge is 0.378 e. The van der Waals surface area contributed by atoms with Crippen molar-refractivity contribution in [2.45, 2.75) is 31.7 Å². The quantitative estimate of drug-likeness (QED) is 0.848. The van der Waals surface area contributed by atoms with E-state index in [4.69, 9.17) is 4.74 Å². The molecule has 1 aromatic carbocycles. The van der Waals surface area contributed by atoms with Gasteiger partial charge in [0.1, 0.15) is 11.9 Å². The molecular formula is C18H22N4O2. The molecule has 4 rings (SSSR count). The molecule has 0 saturated carbocycles. The fourth-order valence-corrected chi connectivity index (χ4v) is 3.58. The number of fused-ring (bicyclic) bond motifs is 1. The molecule has 6 heteroatoms. The highest BCUT2D eigenvalue weighted by atomic mass is 16.5. The van der Waals surface area contributed by atoms with Gasteiger partial charge in [0.2, 0.25) is 5.91 Å². The van der Waals surface area contributed by atoms with Crippen LogP contribution in [0.15, 0.2) is 30.3 Å². The summed E-state index contributed by atoms with van der Waals surface area (Å²) >= 11 is 0. The minimum atomic E-state index is -0.203. The summed E-state index contributed by atoms with van der Waals surface area (Å²) in [6, 6.07) is 9.82. The van der Waals surface area contributed by atoms with E-state index in [-0.39, 0.29) is 11.9 Å². The highest BCUT2D eigenvalue weighted by molar-refractivity contribution is 5.81. The van der Waals surface area contributed by atoms with Gasteiger partial charge in [0, 0.05) is 25.1 Å². The van der Waals surface area contributed by atoms with Crippen molar-refractivity contribution in [1.82, 2.24) is 19.7 Å². The van der Waals surface area contributed by atoms with Crippen LogP contribution in [0.1, 0.15) is 31.1 Å². The van der Waals surface area contributed by atoms with Crippen LogP contribution in [-0.2, 0) is 16.0 Å². The van der Waals surface area contributed by atoms with Crippen molar-refractivity contribution >= 4 is 5.91 Å². The first kappa shape index (κ1) is 15.3. The predicted octanol–water partition coefficient (Wildman–Crippen LogP) is 2.07. The smallest absolute Gasteiger partial charge is 0.245 e. The molecule has 0 radical (unpaired) electrons. The van der Waals surface area contributed by atoms with Gasteiger partial charge in [-0.25, -0.2) is 0 Å². The summed E-state index contributed by atoms with van der Waals surface area (Å²) in [6.45, 7) is 2.60. The zero-order chi connectivity index (χ0) is 16.4. The zero-order valence-corrected chi connectivity index (χ0v) is 13.7. The van der Waals surface area contributed by atoms with E-state index in [9.17, 15) is 4.79 Å². The van der Waals surface area contributed by atoms with Crippen molar-refractivity contribution in [3.63, 3.8) is 0 Å². The molecule has 1 unspecified atom stereocenters. The third kappa shape index (κ3) is 2.82. The second-order valence-electron chi connectivity index (χ2n) is 6.38. The molecule has 1 saturated heterocycles. The number of ether oxygens (including phenoxy) is 1. The summed E-state index contributed by atoms with van der Waals surface area (Å²) < 4.78 is 7.47. The first-order valence-corrected chi connectivity index (χ1v) is 8.70. The summed E-state index contributed by atoms with van der Waals surface area (Å²) in [5.74, 6) is 1.91. The number of rotatable bonds is 2. The topological polar surface area (TPSA) is 60.2 Å². The van der Waals surface area contributed by atoms with Crippen LogP contribution in [-0.4, -0.2) is 51.9 Å². The van der Waals surface area contributed by atoms with Gasteiger partial charge in [-0.1, -0.05) is 36.8 Å². The van der Waals surface area contributed by atoms with Crippen LogP contribution in [0.25, 0.3) is 11.4 Å². The van der Waals surface area contributed by atoms with E-state index >= 15 is 0 Å². The summed E-state index contributed by atoms with van der Waals surface area (Å²) in [7, 11) is 0. The van der Waals surface area contributed by atoms with Crippen molar-refractivity contribution < 1.29 is 9.53 Å². The van der Waals surface area contributed by atoms with Crippen molar-refractivity contribution in [2.75, 3.05) is 26.3 Å². The molecule has 1 aromatic heterocycles. The van der Waals surface area contributed by atoms with Gasteiger partial charge in [0.25, 0.3) is 0 Å². The Morgan fingerprint density at radius 2 is 1.88 bits per heavy atom. The second-order valence-corrected chi connectivity index (χ2v) is 6.38. The van der Waals surface area contributed by atoms with Gasteiger partial charge < -0.3 is 9.64 Å². The molecule has 1 fully saturated rings. The SMILES string of the molecule is O=C(C1CCCCc2nnc(-c3ccccc3)n21)N1CCOCC1. The maximum absolute atomic E-state index is 13.1. The van der Waals surface area contributed by atoms with Crippen molar-refractivity contribution in [3.8, 4) is 11.4 Å². The zero-order valence-electron chi connectivity index (χ0n) is 13.7. The van der Waals surface area contributed by atoms with E-state index in [0.29, 0.717) is 26.3 Å². The summed E-state index contributed by atoms with van der Waals surface area (Å²) in [5.41, 5.74) is 1.01. The minimum absolute atomic E-state index is 0.179. The van der Waals surface area contributed by atoms with Crippen LogP contribution in [0.2, 0.25) is 0 Å². The Labute approximate surface area is 141 Å². The normalized spacial score (nSPS) is 21.2. The Kier molecular flexibility index (Phi) is 4.30. The van der Waals surface area contributed by atoms with Gasteiger partial charge >= 0.3 is 0 Å². The molecular weight excluding hydrogens is 304 g/mol. The summed E-state index contributed by atoms with van der Waals surface area (Å²) in [4.78, 5) is 15.1. The Morgan fingerprint density at radius 3 is 2.67 bits per heavy atom. The average molecular weight is 326 g/mol. The van der Waals surface area contributed by atoms with E-state index in [1.165, 1.54) is 0 Å². The molecule has 6 nitrogen and oxygen atoms in total. The van der Waals surface area contributed by atoms with Crippen molar-refractivity contribution in [3.05, 3.63) is 36.2 Å². The van der Waals surface area contributed by atoms with Gasteiger partial charge in [-0.2, -0.15) is 0 Å². The number of amides is 1. The molecule has 0 aliphatic carbocycles. The molecule has 2 aliphatic heterocycles. The van der Waals surface area contributed by atoms with Crippen LogP contribution in [0.4, 0.5) is 0 Å². The van der Waals surface area contributed by atoms with Gasteiger partial charge in [0.05, 0.1) is 13.2 Å². The predicted molar refractivity (Wildman–Crippen MR) is 89.4 cm³/mol. The molecule has 126 valence electrons. The fraction of sp³-hybridized carbons (Fsp3) is 0.500. The van der Waals surface area contributed by atoms with E-state index in [2.05, 4.69) is 14.8 Å². The van der Waals surface area contributed by atoms with Gasteiger partial charge in [-0.05, 0) is 12.8 Å². The van der Waals surface area contributed by atoms with Gasteiger partial charge in [-0.15, -0.1) is 10.2 Å². The van der Waals surface area contributed by atoms with Crippen LogP contribution in [0.5, 0.6) is 0 Å². The molecule has 24 heavy (non-hydrogen) atoms. The monoisotopic (exact) mass is 326 g/mol.